The molecule has 2 N–H and O–H groups in total. The van der Waals surface area contributed by atoms with E-state index in [2.05, 4.69) is 53.4 Å². The Kier molecular flexibility index (Phi) is 4.53. The number of hydrogen-bond acceptors (Lipinski definition) is 2. The maximum Gasteiger partial charge on any atom is 0.107 e. The van der Waals surface area contributed by atoms with Crippen LogP contribution < -0.4 is 5.32 Å². The summed E-state index contributed by atoms with van der Waals surface area (Å²) >= 11 is 0. The second-order valence-corrected chi connectivity index (χ2v) is 4.45. The Bertz CT molecular complexity index is 445. The van der Waals surface area contributed by atoms with Crippen LogP contribution in [0.25, 0.3) is 0 Å². The van der Waals surface area contributed by atoms with Crippen molar-refractivity contribution in [2.24, 2.45) is 0 Å². The van der Waals surface area contributed by atoms with Crippen LogP contribution in [-0.2, 0) is 12.8 Å². The van der Waals surface area contributed by atoms with Gasteiger partial charge in [-0.3, -0.25) is 0 Å². The van der Waals surface area contributed by atoms with E-state index in [9.17, 15) is 0 Å². The van der Waals surface area contributed by atoms with Crippen molar-refractivity contribution >= 4 is 0 Å². The first-order valence-corrected chi connectivity index (χ1v) is 6.64. The van der Waals surface area contributed by atoms with Gasteiger partial charge >= 0.3 is 0 Å². The van der Waals surface area contributed by atoms with Crippen LogP contribution in [0.3, 0.4) is 0 Å². The van der Waals surface area contributed by atoms with Gasteiger partial charge < -0.3 is 10.3 Å². The molecule has 2 aromatic rings. The van der Waals surface area contributed by atoms with E-state index in [0.717, 1.165) is 25.2 Å². The Labute approximate surface area is 109 Å². The first-order chi connectivity index (χ1) is 8.83. The molecular formula is C15H21N3. The monoisotopic (exact) mass is 243 g/mol. The van der Waals surface area contributed by atoms with E-state index < -0.39 is 0 Å². The van der Waals surface area contributed by atoms with Crippen LogP contribution in [0, 0.1) is 0 Å². The van der Waals surface area contributed by atoms with E-state index in [-0.39, 0.29) is 0 Å². The summed E-state index contributed by atoms with van der Waals surface area (Å²) in [7, 11) is 0. The molecule has 0 aliphatic rings. The topological polar surface area (TPSA) is 40.7 Å². The van der Waals surface area contributed by atoms with Crippen LogP contribution in [0.2, 0.25) is 0 Å². The summed E-state index contributed by atoms with van der Waals surface area (Å²) in [5.74, 6) is 1.03. The van der Waals surface area contributed by atoms with Gasteiger partial charge in [0.2, 0.25) is 0 Å². The highest BCUT2D eigenvalue weighted by atomic mass is 14.9. The Morgan fingerprint density at radius 2 is 2.00 bits per heavy atom. The number of nitrogens with one attached hydrogen (secondary N) is 2. The molecule has 1 atom stereocenters. The van der Waals surface area contributed by atoms with Gasteiger partial charge in [0.05, 0.1) is 0 Å². The smallest absolute Gasteiger partial charge is 0.107 e. The number of rotatable bonds is 6. The first-order valence-electron chi connectivity index (χ1n) is 6.64. The molecule has 0 saturated heterocycles. The molecule has 0 bridgehead atoms. The Morgan fingerprint density at radius 1 is 1.22 bits per heavy atom. The van der Waals surface area contributed by atoms with Crippen LogP contribution in [0.1, 0.15) is 36.8 Å². The molecule has 0 saturated carbocycles. The zero-order valence-electron chi connectivity index (χ0n) is 11.1. The van der Waals surface area contributed by atoms with Crippen molar-refractivity contribution < 1.29 is 0 Å². The molecule has 1 heterocycles. The van der Waals surface area contributed by atoms with Crippen LogP contribution >= 0.6 is 0 Å². The second kappa shape index (κ2) is 6.36. The lowest BCUT2D eigenvalue weighted by atomic mass is 10.0. The highest BCUT2D eigenvalue weighted by Crippen LogP contribution is 2.17. The quantitative estimate of drug-likeness (QED) is 0.819. The summed E-state index contributed by atoms with van der Waals surface area (Å²) in [4.78, 5) is 7.47. The average Bonchev–Trinajstić information content (AvgIpc) is 2.91. The third kappa shape index (κ3) is 3.20. The number of nitrogens with zero attached hydrogens (tertiary/aromatic N) is 1. The lowest BCUT2D eigenvalue weighted by molar-refractivity contribution is 0.539. The molecule has 1 unspecified atom stereocenters. The van der Waals surface area contributed by atoms with Gasteiger partial charge in [-0.1, -0.05) is 38.1 Å². The molecule has 3 heteroatoms. The minimum Gasteiger partial charge on any atom is -0.349 e. The third-order valence-corrected chi connectivity index (χ3v) is 3.19. The zero-order valence-corrected chi connectivity index (χ0v) is 11.1. The Morgan fingerprint density at radius 3 is 2.56 bits per heavy atom. The molecule has 1 aromatic carbocycles. The normalized spacial score (nSPS) is 12.6. The standard InChI is InChI=1S/C15H21N3/c1-3-12-5-7-13(8-6-12)14(16-4-2)11-15-17-9-10-18-15/h5-10,14,16H,3-4,11H2,1-2H3,(H,17,18). The number of aryl methyl sites for hydroxylation is 1. The molecule has 0 spiro atoms. The van der Waals surface area contributed by atoms with Gasteiger partial charge in [-0.25, -0.2) is 4.98 Å². The van der Waals surface area contributed by atoms with Gasteiger partial charge in [0.1, 0.15) is 5.82 Å². The van der Waals surface area contributed by atoms with Crippen molar-refractivity contribution in [2.75, 3.05) is 6.54 Å². The molecule has 0 radical (unpaired) electrons. The minimum absolute atomic E-state index is 0.326. The third-order valence-electron chi connectivity index (χ3n) is 3.19. The van der Waals surface area contributed by atoms with Crippen molar-refractivity contribution in [2.45, 2.75) is 32.7 Å². The Hall–Kier alpha value is -1.61. The number of imidazole rings is 1. The second-order valence-electron chi connectivity index (χ2n) is 4.45. The molecule has 0 amide bonds. The molecular weight excluding hydrogens is 222 g/mol. The average molecular weight is 243 g/mol. The van der Waals surface area contributed by atoms with Gasteiger partial charge in [0, 0.05) is 24.9 Å². The highest BCUT2D eigenvalue weighted by molar-refractivity contribution is 5.25. The van der Waals surface area contributed by atoms with Crippen LogP contribution in [0.15, 0.2) is 36.7 Å². The molecule has 0 aliphatic heterocycles. The van der Waals surface area contributed by atoms with Crippen molar-refractivity contribution in [3.8, 4) is 0 Å². The predicted octanol–water partition coefficient (Wildman–Crippen LogP) is 2.87. The fourth-order valence-corrected chi connectivity index (χ4v) is 2.14. The van der Waals surface area contributed by atoms with Gasteiger partial charge in [-0.15, -0.1) is 0 Å². The maximum atomic E-state index is 4.30. The largest absolute Gasteiger partial charge is 0.349 e. The molecule has 2 rings (SSSR count). The number of benzene rings is 1. The highest BCUT2D eigenvalue weighted by Gasteiger charge is 2.12. The lowest BCUT2D eigenvalue weighted by Gasteiger charge is -2.17. The lowest BCUT2D eigenvalue weighted by Crippen LogP contribution is -2.23. The maximum absolute atomic E-state index is 4.30. The van der Waals surface area contributed by atoms with Crippen LogP contribution in [0.5, 0.6) is 0 Å². The fraction of sp³-hybridized carbons (Fsp3) is 0.400. The summed E-state index contributed by atoms with van der Waals surface area (Å²) in [6, 6.07) is 9.18. The first kappa shape index (κ1) is 12.8. The van der Waals surface area contributed by atoms with E-state index >= 15 is 0 Å². The summed E-state index contributed by atoms with van der Waals surface area (Å²) in [6.45, 7) is 5.27. The summed E-state index contributed by atoms with van der Waals surface area (Å²) in [5, 5.41) is 3.51. The van der Waals surface area contributed by atoms with Crippen molar-refractivity contribution in [3.05, 3.63) is 53.6 Å². The fourth-order valence-electron chi connectivity index (χ4n) is 2.14. The Balaban J connectivity index is 2.12. The number of aromatic amines is 1. The van der Waals surface area contributed by atoms with E-state index in [1.54, 1.807) is 6.20 Å². The predicted molar refractivity (Wildman–Crippen MR) is 74.5 cm³/mol. The van der Waals surface area contributed by atoms with Crippen LogP contribution in [-0.4, -0.2) is 16.5 Å². The molecule has 0 aliphatic carbocycles. The zero-order chi connectivity index (χ0) is 12.8. The van der Waals surface area contributed by atoms with E-state index in [1.165, 1.54) is 11.1 Å². The molecule has 0 fully saturated rings. The van der Waals surface area contributed by atoms with Gasteiger partial charge in [-0.2, -0.15) is 0 Å². The van der Waals surface area contributed by atoms with Crippen molar-refractivity contribution in [1.82, 2.24) is 15.3 Å². The van der Waals surface area contributed by atoms with Gasteiger partial charge in [0.25, 0.3) is 0 Å². The van der Waals surface area contributed by atoms with E-state index in [4.69, 9.17) is 0 Å². The number of likely N-dealkylation sites (N-methyl/N-ethyl adjacent to an activating group) is 1. The molecule has 1 aromatic heterocycles. The van der Waals surface area contributed by atoms with Crippen molar-refractivity contribution in [1.29, 1.82) is 0 Å². The van der Waals surface area contributed by atoms with Crippen molar-refractivity contribution in [3.63, 3.8) is 0 Å². The molecule has 96 valence electrons. The number of hydrogen-bond donors (Lipinski definition) is 2. The SMILES string of the molecule is CCNC(Cc1ncc[nH]1)c1ccc(CC)cc1. The van der Waals surface area contributed by atoms with E-state index in [0.29, 0.717) is 6.04 Å². The van der Waals surface area contributed by atoms with Gasteiger partial charge in [0.15, 0.2) is 0 Å². The summed E-state index contributed by atoms with van der Waals surface area (Å²) in [5.41, 5.74) is 2.71. The van der Waals surface area contributed by atoms with E-state index in [1.807, 2.05) is 6.20 Å². The van der Waals surface area contributed by atoms with Gasteiger partial charge in [-0.05, 0) is 24.1 Å². The summed E-state index contributed by atoms with van der Waals surface area (Å²) < 4.78 is 0. The molecule has 3 nitrogen and oxygen atoms in total. The minimum atomic E-state index is 0.326. The van der Waals surface area contributed by atoms with Crippen LogP contribution in [0.4, 0.5) is 0 Å². The number of aromatic nitrogens is 2. The summed E-state index contributed by atoms with van der Waals surface area (Å²) in [6.07, 6.45) is 5.66. The molecule has 18 heavy (non-hydrogen) atoms. The number of H-pyrrole nitrogens is 1.